The van der Waals surface area contributed by atoms with E-state index < -0.39 is 18.0 Å². The number of anilines is 1. The Morgan fingerprint density at radius 1 is 1.00 bits per heavy atom. The van der Waals surface area contributed by atoms with Crippen molar-refractivity contribution in [3.05, 3.63) is 59.7 Å². The highest BCUT2D eigenvalue weighted by atomic mass is 16.5. The zero-order chi connectivity index (χ0) is 19.3. The first-order valence-electron chi connectivity index (χ1n) is 8.34. The number of rotatable bonds is 6. The molecule has 1 unspecified atom stereocenters. The molecule has 0 aliphatic carbocycles. The van der Waals surface area contributed by atoms with Gasteiger partial charge in [0.05, 0.1) is 7.11 Å². The number of benzene rings is 2. The zero-order valence-electron chi connectivity index (χ0n) is 15.4. The highest BCUT2D eigenvalue weighted by Crippen LogP contribution is 2.25. The van der Waals surface area contributed by atoms with Crippen molar-refractivity contribution < 1.29 is 19.4 Å². The molecule has 0 fully saturated rings. The fourth-order valence-corrected chi connectivity index (χ4v) is 2.61. The molecule has 0 saturated carbocycles. The summed E-state index contributed by atoms with van der Waals surface area (Å²) in [6.07, 6.45) is -1.18. The van der Waals surface area contributed by atoms with Crippen molar-refractivity contribution in [1.29, 1.82) is 0 Å². The zero-order valence-corrected chi connectivity index (χ0v) is 15.4. The Hall–Kier alpha value is -3.02. The maximum Gasteiger partial charge on any atom is 0.407 e. The SMILES string of the molecule is COc1ccc(C(C(=O)Nc2ccc(C(C)C)cc2)N(C)C(=O)O)cc1. The highest BCUT2D eigenvalue weighted by molar-refractivity contribution is 5.97. The largest absolute Gasteiger partial charge is 0.497 e. The molecule has 2 rings (SSSR count). The molecule has 0 aliphatic heterocycles. The van der Waals surface area contributed by atoms with Gasteiger partial charge in [-0.1, -0.05) is 38.1 Å². The van der Waals surface area contributed by atoms with Crippen LogP contribution in [0.2, 0.25) is 0 Å². The molecule has 2 N–H and O–H groups in total. The van der Waals surface area contributed by atoms with Gasteiger partial charge in [-0.2, -0.15) is 0 Å². The molecule has 0 radical (unpaired) electrons. The summed E-state index contributed by atoms with van der Waals surface area (Å²) in [5.74, 6) is 0.609. The lowest BCUT2D eigenvalue weighted by Crippen LogP contribution is -2.37. The summed E-state index contributed by atoms with van der Waals surface area (Å²) in [6, 6.07) is 13.3. The molecule has 1 atom stereocenters. The Bertz CT molecular complexity index is 754. The van der Waals surface area contributed by atoms with Crippen molar-refractivity contribution in [2.75, 3.05) is 19.5 Å². The molecule has 0 heterocycles. The van der Waals surface area contributed by atoms with Gasteiger partial charge in [-0.05, 0) is 41.3 Å². The number of amides is 2. The van der Waals surface area contributed by atoms with Gasteiger partial charge in [-0.3, -0.25) is 9.69 Å². The first-order valence-corrected chi connectivity index (χ1v) is 8.34. The van der Waals surface area contributed by atoms with Crippen LogP contribution in [-0.4, -0.2) is 36.2 Å². The van der Waals surface area contributed by atoms with Gasteiger partial charge in [-0.15, -0.1) is 0 Å². The van der Waals surface area contributed by atoms with Gasteiger partial charge < -0.3 is 15.2 Å². The number of hydrogen-bond donors (Lipinski definition) is 2. The van der Waals surface area contributed by atoms with Gasteiger partial charge in [0, 0.05) is 12.7 Å². The van der Waals surface area contributed by atoms with Crippen LogP contribution in [-0.2, 0) is 4.79 Å². The quantitative estimate of drug-likeness (QED) is 0.816. The van der Waals surface area contributed by atoms with Gasteiger partial charge in [0.1, 0.15) is 11.8 Å². The van der Waals surface area contributed by atoms with Crippen LogP contribution in [0.1, 0.15) is 36.9 Å². The van der Waals surface area contributed by atoms with Crippen LogP contribution in [0.5, 0.6) is 5.75 Å². The molecule has 0 bridgehead atoms. The Labute approximate surface area is 153 Å². The van der Waals surface area contributed by atoms with E-state index >= 15 is 0 Å². The van der Waals surface area contributed by atoms with Crippen LogP contribution in [0.25, 0.3) is 0 Å². The molecular weight excluding hydrogens is 332 g/mol. The number of ether oxygens (including phenoxy) is 1. The summed E-state index contributed by atoms with van der Waals surface area (Å²) in [5, 5.41) is 12.1. The predicted molar refractivity (Wildman–Crippen MR) is 101 cm³/mol. The van der Waals surface area contributed by atoms with Crippen molar-refractivity contribution in [3.8, 4) is 5.75 Å². The highest BCUT2D eigenvalue weighted by Gasteiger charge is 2.28. The van der Waals surface area contributed by atoms with Gasteiger partial charge >= 0.3 is 6.09 Å². The summed E-state index contributed by atoms with van der Waals surface area (Å²) in [5.41, 5.74) is 2.35. The third-order valence-corrected chi connectivity index (χ3v) is 4.21. The number of hydrogen-bond acceptors (Lipinski definition) is 3. The Morgan fingerprint density at radius 2 is 1.54 bits per heavy atom. The van der Waals surface area contributed by atoms with Gasteiger partial charge in [-0.25, -0.2) is 4.79 Å². The fraction of sp³-hybridized carbons (Fsp3) is 0.300. The predicted octanol–water partition coefficient (Wildman–Crippen LogP) is 4.11. The summed E-state index contributed by atoms with van der Waals surface area (Å²) in [7, 11) is 2.92. The van der Waals surface area contributed by atoms with Crippen molar-refractivity contribution in [2.24, 2.45) is 0 Å². The van der Waals surface area contributed by atoms with Crippen LogP contribution in [0, 0.1) is 0 Å². The van der Waals surface area contributed by atoms with Gasteiger partial charge in [0.15, 0.2) is 0 Å². The van der Waals surface area contributed by atoms with Crippen LogP contribution in [0.15, 0.2) is 48.5 Å². The second-order valence-electron chi connectivity index (χ2n) is 6.34. The molecule has 26 heavy (non-hydrogen) atoms. The smallest absolute Gasteiger partial charge is 0.407 e. The molecule has 2 aromatic rings. The Morgan fingerprint density at radius 3 is 2.00 bits per heavy atom. The van der Waals surface area contributed by atoms with E-state index in [0.717, 1.165) is 10.5 Å². The summed E-state index contributed by atoms with van der Waals surface area (Å²) < 4.78 is 5.11. The Kier molecular flexibility index (Phi) is 6.22. The number of carbonyl (C=O) groups excluding carboxylic acids is 1. The number of carboxylic acid groups (broad SMARTS) is 1. The fourth-order valence-electron chi connectivity index (χ4n) is 2.61. The van der Waals surface area contributed by atoms with Crippen molar-refractivity contribution >= 4 is 17.7 Å². The summed E-state index contributed by atoms with van der Waals surface area (Å²) in [4.78, 5) is 25.2. The van der Waals surface area contributed by atoms with Crippen LogP contribution in [0.3, 0.4) is 0 Å². The molecular formula is C20H24N2O4. The van der Waals surface area contributed by atoms with E-state index in [2.05, 4.69) is 19.2 Å². The average Bonchev–Trinajstić information content (AvgIpc) is 2.62. The third-order valence-electron chi connectivity index (χ3n) is 4.21. The van der Waals surface area contributed by atoms with Crippen LogP contribution >= 0.6 is 0 Å². The minimum atomic E-state index is -1.18. The molecule has 6 nitrogen and oxygen atoms in total. The van der Waals surface area contributed by atoms with E-state index in [1.807, 2.05) is 24.3 Å². The second-order valence-corrected chi connectivity index (χ2v) is 6.34. The molecule has 0 aliphatic rings. The first-order chi connectivity index (χ1) is 12.3. The second kappa shape index (κ2) is 8.38. The van der Waals surface area contributed by atoms with E-state index in [1.165, 1.54) is 7.05 Å². The normalized spacial score (nSPS) is 11.7. The third kappa shape index (κ3) is 4.53. The maximum absolute atomic E-state index is 12.8. The van der Waals surface area contributed by atoms with Crippen molar-refractivity contribution in [3.63, 3.8) is 0 Å². The topological polar surface area (TPSA) is 78.9 Å². The number of likely N-dealkylation sites (N-methyl/N-ethyl adjacent to an activating group) is 1. The van der Waals surface area contributed by atoms with Crippen LogP contribution in [0.4, 0.5) is 10.5 Å². The summed E-state index contributed by atoms with van der Waals surface area (Å²) >= 11 is 0. The molecule has 138 valence electrons. The molecule has 0 aromatic heterocycles. The van der Waals surface area contributed by atoms with Gasteiger partial charge in [0.25, 0.3) is 5.91 Å². The van der Waals surface area contributed by atoms with E-state index in [4.69, 9.17) is 4.74 Å². The molecule has 2 amide bonds. The number of methoxy groups -OCH3 is 1. The summed E-state index contributed by atoms with van der Waals surface area (Å²) in [6.45, 7) is 4.18. The molecule has 0 spiro atoms. The van der Waals surface area contributed by atoms with Crippen LogP contribution < -0.4 is 10.1 Å². The van der Waals surface area contributed by atoms with Crippen molar-refractivity contribution in [1.82, 2.24) is 4.90 Å². The molecule has 0 saturated heterocycles. The number of carbonyl (C=O) groups is 2. The maximum atomic E-state index is 12.8. The lowest BCUT2D eigenvalue weighted by Gasteiger charge is -2.25. The minimum Gasteiger partial charge on any atom is -0.497 e. The van der Waals surface area contributed by atoms with E-state index in [9.17, 15) is 14.7 Å². The lowest BCUT2D eigenvalue weighted by molar-refractivity contribution is -0.120. The monoisotopic (exact) mass is 356 g/mol. The van der Waals surface area contributed by atoms with E-state index in [1.54, 1.807) is 31.4 Å². The average molecular weight is 356 g/mol. The number of nitrogens with one attached hydrogen (secondary N) is 1. The van der Waals surface area contributed by atoms with E-state index in [-0.39, 0.29) is 0 Å². The van der Waals surface area contributed by atoms with Crippen molar-refractivity contribution in [2.45, 2.75) is 25.8 Å². The standard InChI is InChI=1S/C20H24N2O4/c1-13(2)14-5-9-16(10-6-14)21-19(23)18(22(3)20(24)25)15-7-11-17(26-4)12-8-15/h5-13,18H,1-4H3,(H,21,23)(H,24,25). The minimum absolute atomic E-state index is 0.393. The molecule has 6 heteroatoms. The lowest BCUT2D eigenvalue weighted by atomic mass is 10.0. The number of nitrogens with zero attached hydrogens (tertiary/aromatic N) is 1. The Balaban J connectivity index is 2.26. The van der Waals surface area contributed by atoms with Gasteiger partial charge in [0.2, 0.25) is 0 Å². The molecule has 2 aromatic carbocycles. The van der Waals surface area contributed by atoms with E-state index in [0.29, 0.717) is 22.9 Å². The first kappa shape index (κ1) is 19.3.